The van der Waals surface area contributed by atoms with Gasteiger partial charge in [0.2, 0.25) is 0 Å². The van der Waals surface area contributed by atoms with Gasteiger partial charge in [0.1, 0.15) is 5.75 Å². The van der Waals surface area contributed by atoms with Crippen LogP contribution in [0.5, 0.6) is 5.75 Å². The van der Waals surface area contributed by atoms with Crippen molar-refractivity contribution in [1.29, 1.82) is 0 Å². The highest BCUT2D eigenvalue weighted by Gasteiger charge is 2.14. The molecule has 1 aromatic carbocycles. The van der Waals surface area contributed by atoms with Crippen molar-refractivity contribution in [2.75, 3.05) is 46.9 Å². The first-order valence-corrected chi connectivity index (χ1v) is 7.57. The quantitative estimate of drug-likeness (QED) is 0.770. The molecule has 2 N–H and O–H groups in total. The second-order valence-corrected chi connectivity index (χ2v) is 5.72. The molecule has 0 radical (unpaired) electrons. The summed E-state index contributed by atoms with van der Waals surface area (Å²) >= 11 is 0. The Morgan fingerprint density at radius 2 is 2.05 bits per heavy atom. The van der Waals surface area contributed by atoms with Gasteiger partial charge in [0.25, 0.3) is 0 Å². The lowest BCUT2D eigenvalue weighted by molar-refractivity contribution is -0.136. The fourth-order valence-corrected chi connectivity index (χ4v) is 2.60. The van der Waals surface area contributed by atoms with Crippen LogP contribution in [0.25, 0.3) is 0 Å². The molecule has 6 nitrogen and oxygen atoms in total. The molecule has 0 bridgehead atoms. The number of carboxylic acid groups (broad SMARTS) is 1. The smallest absolute Gasteiger partial charge is 0.317 e. The molecule has 22 heavy (non-hydrogen) atoms. The molecule has 0 aromatic heterocycles. The van der Waals surface area contributed by atoms with Crippen LogP contribution in [0.3, 0.4) is 0 Å². The molecule has 0 amide bonds. The van der Waals surface area contributed by atoms with E-state index in [0.29, 0.717) is 6.54 Å². The third-order valence-corrected chi connectivity index (χ3v) is 3.95. The second kappa shape index (κ2) is 8.12. The number of likely N-dealkylation sites (N-methyl/N-ethyl adjacent to an activating group) is 1. The van der Waals surface area contributed by atoms with Crippen molar-refractivity contribution in [3.8, 4) is 5.75 Å². The Hall–Kier alpha value is -1.63. The van der Waals surface area contributed by atoms with Crippen molar-refractivity contribution >= 4 is 5.97 Å². The van der Waals surface area contributed by atoms with Gasteiger partial charge in [-0.25, -0.2) is 0 Å². The third-order valence-electron chi connectivity index (χ3n) is 3.95. The number of hydrogen-bond donors (Lipinski definition) is 2. The molecular weight excluding hydrogens is 282 g/mol. The minimum absolute atomic E-state index is 0.0494. The lowest BCUT2D eigenvalue weighted by atomic mass is 10.1. The van der Waals surface area contributed by atoms with Crippen molar-refractivity contribution < 1.29 is 14.6 Å². The number of carboxylic acids is 1. The van der Waals surface area contributed by atoms with Crippen molar-refractivity contribution in [3.05, 3.63) is 29.3 Å². The molecule has 1 fully saturated rings. The van der Waals surface area contributed by atoms with Gasteiger partial charge in [0.05, 0.1) is 13.7 Å². The molecule has 1 saturated heterocycles. The zero-order valence-electron chi connectivity index (χ0n) is 13.3. The van der Waals surface area contributed by atoms with Crippen LogP contribution in [-0.4, -0.2) is 67.8 Å². The van der Waals surface area contributed by atoms with Gasteiger partial charge in [-0.3, -0.25) is 9.69 Å². The van der Waals surface area contributed by atoms with Gasteiger partial charge in [0, 0.05) is 44.8 Å². The van der Waals surface area contributed by atoms with E-state index in [-0.39, 0.29) is 6.54 Å². The maximum Gasteiger partial charge on any atom is 0.317 e. The van der Waals surface area contributed by atoms with Crippen LogP contribution >= 0.6 is 0 Å². The number of nitrogens with zero attached hydrogens (tertiary/aromatic N) is 2. The van der Waals surface area contributed by atoms with Crippen LogP contribution < -0.4 is 10.1 Å². The van der Waals surface area contributed by atoms with Gasteiger partial charge in [-0.2, -0.15) is 0 Å². The van der Waals surface area contributed by atoms with E-state index in [1.165, 1.54) is 5.56 Å². The number of ether oxygens (including phenoxy) is 1. The first-order chi connectivity index (χ1) is 10.6. The lowest BCUT2D eigenvalue weighted by Crippen LogP contribution is -2.43. The zero-order valence-corrected chi connectivity index (χ0v) is 13.3. The fraction of sp³-hybridized carbons (Fsp3) is 0.562. The number of aliphatic carboxylic acids is 1. The second-order valence-electron chi connectivity index (χ2n) is 5.72. The lowest BCUT2D eigenvalue weighted by Gasteiger charge is -2.32. The first-order valence-electron chi connectivity index (χ1n) is 7.57. The zero-order chi connectivity index (χ0) is 15.9. The van der Waals surface area contributed by atoms with E-state index in [9.17, 15) is 4.79 Å². The average Bonchev–Trinajstić information content (AvgIpc) is 2.50. The Morgan fingerprint density at radius 1 is 1.32 bits per heavy atom. The van der Waals surface area contributed by atoms with Crippen molar-refractivity contribution in [3.63, 3.8) is 0 Å². The minimum Gasteiger partial charge on any atom is -0.496 e. The predicted octanol–water partition coefficient (Wildman–Crippen LogP) is 0.617. The maximum atomic E-state index is 10.5. The molecule has 1 heterocycles. The summed E-state index contributed by atoms with van der Waals surface area (Å²) in [7, 11) is 3.80. The number of rotatable bonds is 7. The van der Waals surface area contributed by atoms with Gasteiger partial charge in [0.15, 0.2) is 0 Å². The van der Waals surface area contributed by atoms with Crippen LogP contribution in [0.4, 0.5) is 0 Å². The van der Waals surface area contributed by atoms with Crippen LogP contribution in [-0.2, 0) is 17.9 Å². The van der Waals surface area contributed by atoms with E-state index in [2.05, 4.69) is 34.3 Å². The maximum absolute atomic E-state index is 10.5. The van der Waals surface area contributed by atoms with Crippen LogP contribution in [0.1, 0.15) is 11.1 Å². The third kappa shape index (κ3) is 4.98. The normalized spacial score (nSPS) is 16.6. The van der Waals surface area contributed by atoms with E-state index < -0.39 is 5.97 Å². The molecule has 0 unspecified atom stereocenters. The minimum atomic E-state index is -0.856. The van der Waals surface area contributed by atoms with E-state index in [4.69, 9.17) is 9.84 Å². The number of carbonyl (C=O) groups is 1. The van der Waals surface area contributed by atoms with E-state index in [0.717, 1.165) is 44.0 Å². The molecule has 1 aliphatic heterocycles. The molecular formula is C16H25N3O3. The largest absolute Gasteiger partial charge is 0.496 e. The Kier molecular flexibility index (Phi) is 6.18. The van der Waals surface area contributed by atoms with Gasteiger partial charge in [-0.05, 0) is 18.7 Å². The Bertz CT molecular complexity index is 499. The Labute approximate surface area is 131 Å². The molecule has 0 saturated carbocycles. The molecule has 0 aliphatic carbocycles. The fourth-order valence-electron chi connectivity index (χ4n) is 2.60. The molecule has 122 valence electrons. The number of hydrogen-bond acceptors (Lipinski definition) is 5. The van der Waals surface area contributed by atoms with Gasteiger partial charge in [-0.15, -0.1) is 0 Å². The van der Waals surface area contributed by atoms with Crippen molar-refractivity contribution in [2.24, 2.45) is 0 Å². The predicted molar refractivity (Wildman–Crippen MR) is 85.1 cm³/mol. The summed E-state index contributed by atoms with van der Waals surface area (Å²) in [4.78, 5) is 15.3. The van der Waals surface area contributed by atoms with Gasteiger partial charge >= 0.3 is 5.97 Å². The van der Waals surface area contributed by atoms with Crippen LogP contribution in [0.2, 0.25) is 0 Å². The highest BCUT2D eigenvalue weighted by molar-refractivity contribution is 5.69. The molecule has 6 heteroatoms. The Morgan fingerprint density at radius 3 is 2.68 bits per heavy atom. The monoisotopic (exact) mass is 307 g/mol. The SMILES string of the molecule is COc1cc(CN2CCN(C)CC2)ccc1CNCC(=O)O. The van der Waals surface area contributed by atoms with E-state index in [1.807, 2.05) is 6.07 Å². The van der Waals surface area contributed by atoms with Crippen LogP contribution in [0, 0.1) is 0 Å². The molecule has 1 aromatic rings. The highest BCUT2D eigenvalue weighted by atomic mass is 16.5. The molecule has 0 spiro atoms. The summed E-state index contributed by atoms with van der Waals surface area (Å²) in [5, 5.41) is 11.5. The highest BCUT2D eigenvalue weighted by Crippen LogP contribution is 2.21. The Balaban J connectivity index is 1.94. The summed E-state index contributed by atoms with van der Waals surface area (Å²) in [6, 6.07) is 6.16. The summed E-state index contributed by atoms with van der Waals surface area (Å²) in [5.74, 6) is -0.0461. The standard InChI is InChI=1S/C16H25N3O3/c1-18-5-7-19(8-6-18)12-13-3-4-14(15(9-13)22-2)10-17-11-16(20)21/h3-4,9,17H,5-8,10-12H2,1-2H3,(H,20,21). The molecule has 2 rings (SSSR count). The number of methoxy groups -OCH3 is 1. The van der Waals surface area contributed by atoms with Crippen molar-refractivity contribution in [2.45, 2.75) is 13.1 Å². The summed E-state index contributed by atoms with van der Waals surface area (Å²) in [5.41, 5.74) is 2.20. The number of nitrogens with one attached hydrogen (secondary N) is 1. The summed E-state index contributed by atoms with van der Waals surface area (Å²) < 4.78 is 5.44. The van der Waals surface area contributed by atoms with Gasteiger partial charge in [-0.1, -0.05) is 12.1 Å². The topological polar surface area (TPSA) is 65.0 Å². The van der Waals surface area contributed by atoms with Crippen LogP contribution in [0.15, 0.2) is 18.2 Å². The summed E-state index contributed by atoms with van der Waals surface area (Å²) in [6.07, 6.45) is 0. The van der Waals surface area contributed by atoms with E-state index in [1.54, 1.807) is 7.11 Å². The van der Waals surface area contributed by atoms with Gasteiger partial charge < -0.3 is 20.1 Å². The first kappa shape index (κ1) is 16.7. The average molecular weight is 307 g/mol. The number of piperazine rings is 1. The summed E-state index contributed by atoms with van der Waals surface area (Å²) in [6.45, 7) is 5.74. The molecule has 0 atom stereocenters. The van der Waals surface area contributed by atoms with E-state index >= 15 is 0 Å². The number of benzene rings is 1. The van der Waals surface area contributed by atoms with Crippen molar-refractivity contribution in [1.82, 2.24) is 15.1 Å². The molecule has 1 aliphatic rings.